The summed E-state index contributed by atoms with van der Waals surface area (Å²) in [5.74, 6) is 0.0316. The maximum absolute atomic E-state index is 12.3. The zero-order valence-corrected chi connectivity index (χ0v) is 18.7. The van der Waals surface area contributed by atoms with Gasteiger partial charge in [-0.15, -0.1) is 0 Å². The maximum atomic E-state index is 12.3. The number of fused-ring (bicyclic) bond motifs is 3. The Bertz CT molecular complexity index is 1260. The molecule has 3 aromatic rings. The first-order chi connectivity index (χ1) is 16.0. The third-order valence-corrected chi connectivity index (χ3v) is 6.19. The second-order valence-corrected chi connectivity index (χ2v) is 8.17. The van der Waals surface area contributed by atoms with E-state index in [0.29, 0.717) is 28.5 Å². The Labute approximate surface area is 195 Å². The van der Waals surface area contributed by atoms with E-state index >= 15 is 0 Å². The number of para-hydroxylation sites is 1. The molecule has 1 N–H and O–H groups in total. The number of nitrogens with zero attached hydrogens (tertiary/aromatic N) is 2. The van der Waals surface area contributed by atoms with E-state index in [9.17, 15) is 9.90 Å². The lowest BCUT2D eigenvalue weighted by Crippen LogP contribution is -2.34. The maximum Gasteiger partial charge on any atom is 0.340 e. The van der Waals surface area contributed by atoms with Crippen molar-refractivity contribution in [1.29, 1.82) is 0 Å². The summed E-state index contributed by atoms with van der Waals surface area (Å²) in [6.45, 7) is 0. The topological polar surface area (TPSA) is 80.6 Å². The average molecular weight is 465 g/mol. The van der Waals surface area contributed by atoms with Crippen LogP contribution in [0, 0.1) is 0 Å². The summed E-state index contributed by atoms with van der Waals surface area (Å²) in [5.41, 5.74) is 3.24. The monoisotopic (exact) mass is 464 g/mol. The van der Waals surface area contributed by atoms with Crippen LogP contribution < -0.4 is 14.2 Å². The van der Waals surface area contributed by atoms with Crippen molar-refractivity contribution in [2.75, 3.05) is 14.2 Å². The number of methoxy groups -OCH3 is 2. The van der Waals surface area contributed by atoms with Crippen LogP contribution in [0.3, 0.4) is 0 Å². The number of hydrazone groups is 1. The van der Waals surface area contributed by atoms with Gasteiger partial charge in [0, 0.05) is 22.6 Å². The smallest absolute Gasteiger partial charge is 0.340 e. The van der Waals surface area contributed by atoms with Crippen LogP contribution in [0.25, 0.3) is 0 Å². The van der Waals surface area contributed by atoms with Crippen LogP contribution in [-0.4, -0.2) is 36.0 Å². The minimum absolute atomic E-state index is 0.0184. The SMILES string of the molecule is COc1ccc([C@H]2Oc3ccccc3[C@@H]3CC(c4ccc(Cl)cc4)=NN23)c(C(=O)O)c1OC. The first-order valence-corrected chi connectivity index (χ1v) is 10.7. The molecule has 7 nitrogen and oxygen atoms in total. The first kappa shape index (κ1) is 21.2. The Morgan fingerprint density at radius 1 is 1.06 bits per heavy atom. The molecule has 2 aliphatic heterocycles. The van der Waals surface area contributed by atoms with Gasteiger partial charge in [-0.3, -0.25) is 0 Å². The van der Waals surface area contributed by atoms with Gasteiger partial charge in [-0.1, -0.05) is 41.9 Å². The van der Waals surface area contributed by atoms with Gasteiger partial charge in [0.2, 0.25) is 6.23 Å². The van der Waals surface area contributed by atoms with Crippen molar-refractivity contribution in [2.24, 2.45) is 5.10 Å². The molecule has 0 amide bonds. The van der Waals surface area contributed by atoms with E-state index in [-0.39, 0.29) is 17.4 Å². The van der Waals surface area contributed by atoms with Crippen molar-refractivity contribution in [3.63, 3.8) is 0 Å². The van der Waals surface area contributed by atoms with Gasteiger partial charge >= 0.3 is 5.97 Å². The van der Waals surface area contributed by atoms with Gasteiger partial charge in [0.05, 0.1) is 26.0 Å². The van der Waals surface area contributed by atoms with Crippen molar-refractivity contribution < 1.29 is 24.1 Å². The summed E-state index contributed by atoms with van der Waals surface area (Å²) >= 11 is 6.06. The summed E-state index contributed by atoms with van der Waals surface area (Å²) in [6.07, 6.45) is -0.116. The normalized spacial score (nSPS) is 18.6. The Morgan fingerprint density at radius 2 is 1.82 bits per heavy atom. The molecule has 2 heterocycles. The Balaban J connectivity index is 1.66. The molecule has 0 radical (unpaired) electrons. The summed E-state index contributed by atoms with van der Waals surface area (Å²) in [5, 5.41) is 17.4. The summed E-state index contributed by atoms with van der Waals surface area (Å²) in [4.78, 5) is 12.3. The number of aromatic carboxylic acids is 1. The van der Waals surface area contributed by atoms with E-state index in [2.05, 4.69) is 0 Å². The summed E-state index contributed by atoms with van der Waals surface area (Å²) in [7, 11) is 2.89. The van der Waals surface area contributed by atoms with Crippen LogP contribution in [-0.2, 0) is 0 Å². The van der Waals surface area contributed by atoms with Crippen LogP contribution in [0.15, 0.2) is 65.8 Å². The standard InChI is InChI=1S/C25H21ClN2O5/c1-31-21-12-11-17(22(25(29)30)23(21)32-2)24-28-19(16-5-3-4-6-20(16)33-24)13-18(27-28)14-7-9-15(26)10-8-14/h3-12,19,24H,13H2,1-2H3,(H,29,30)/t19-,24+/m0/s1. The van der Waals surface area contributed by atoms with Crippen molar-refractivity contribution >= 4 is 23.3 Å². The van der Waals surface area contributed by atoms with Gasteiger partial charge in [-0.2, -0.15) is 5.10 Å². The zero-order valence-electron chi connectivity index (χ0n) is 18.0. The molecule has 0 fully saturated rings. The van der Waals surface area contributed by atoms with Crippen LogP contribution in [0.4, 0.5) is 0 Å². The lowest BCUT2D eigenvalue weighted by atomic mass is 9.95. The highest BCUT2D eigenvalue weighted by Gasteiger charge is 2.43. The minimum atomic E-state index is -1.14. The highest BCUT2D eigenvalue weighted by Crippen LogP contribution is 2.49. The van der Waals surface area contributed by atoms with E-state index < -0.39 is 12.2 Å². The molecule has 2 aliphatic rings. The van der Waals surface area contributed by atoms with Gasteiger partial charge in [0.15, 0.2) is 11.5 Å². The lowest BCUT2D eigenvalue weighted by molar-refractivity contribution is -0.0199. The molecule has 0 unspecified atom stereocenters. The van der Waals surface area contributed by atoms with E-state index in [1.54, 1.807) is 12.1 Å². The molecule has 2 atom stereocenters. The Hall–Kier alpha value is -3.71. The van der Waals surface area contributed by atoms with Gasteiger partial charge in [0.1, 0.15) is 11.3 Å². The number of carboxylic acids is 1. The molecule has 33 heavy (non-hydrogen) atoms. The quantitative estimate of drug-likeness (QED) is 0.552. The van der Waals surface area contributed by atoms with Crippen LogP contribution in [0.1, 0.15) is 45.7 Å². The number of hydrogen-bond donors (Lipinski definition) is 1. The van der Waals surface area contributed by atoms with Crippen LogP contribution >= 0.6 is 11.6 Å². The largest absolute Gasteiger partial charge is 0.493 e. The summed E-state index contributed by atoms with van der Waals surface area (Å²) in [6, 6.07) is 18.5. The predicted octanol–water partition coefficient (Wildman–Crippen LogP) is 5.30. The molecular formula is C25H21ClN2O5. The molecule has 0 saturated heterocycles. The highest BCUT2D eigenvalue weighted by molar-refractivity contribution is 6.30. The molecule has 0 saturated carbocycles. The van der Waals surface area contributed by atoms with Crippen molar-refractivity contribution in [2.45, 2.75) is 18.7 Å². The van der Waals surface area contributed by atoms with Gasteiger partial charge in [-0.25, -0.2) is 9.80 Å². The molecule has 0 aromatic heterocycles. The molecule has 8 heteroatoms. The number of ether oxygens (including phenoxy) is 3. The van der Waals surface area contributed by atoms with E-state index in [1.807, 2.05) is 53.5 Å². The lowest BCUT2D eigenvalue weighted by Gasteiger charge is -2.38. The number of hydrogen-bond acceptors (Lipinski definition) is 6. The molecular weight excluding hydrogens is 444 g/mol. The molecule has 0 aliphatic carbocycles. The van der Waals surface area contributed by atoms with E-state index in [4.69, 9.17) is 30.9 Å². The van der Waals surface area contributed by atoms with Gasteiger partial charge < -0.3 is 19.3 Å². The molecule has 0 bridgehead atoms. The van der Waals surface area contributed by atoms with Crippen LogP contribution in [0.5, 0.6) is 17.2 Å². The number of carbonyl (C=O) groups is 1. The van der Waals surface area contributed by atoms with Crippen molar-refractivity contribution in [3.05, 3.63) is 87.9 Å². The Kier molecular flexibility index (Phi) is 5.34. The van der Waals surface area contributed by atoms with Crippen molar-refractivity contribution in [3.8, 4) is 17.2 Å². The highest BCUT2D eigenvalue weighted by atomic mass is 35.5. The Morgan fingerprint density at radius 3 is 2.52 bits per heavy atom. The number of benzene rings is 3. The van der Waals surface area contributed by atoms with E-state index in [1.165, 1.54) is 14.2 Å². The van der Waals surface area contributed by atoms with Crippen LogP contribution in [0.2, 0.25) is 5.02 Å². The third-order valence-electron chi connectivity index (χ3n) is 5.93. The summed E-state index contributed by atoms with van der Waals surface area (Å²) < 4.78 is 17.1. The van der Waals surface area contributed by atoms with Crippen molar-refractivity contribution in [1.82, 2.24) is 5.01 Å². The molecule has 5 rings (SSSR count). The third kappa shape index (κ3) is 3.54. The molecule has 3 aromatic carbocycles. The van der Waals surface area contributed by atoms with E-state index in [0.717, 1.165) is 16.8 Å². The fourth-order valence-electron chi connectivity index (χ4n) is 4.42. The average Bonchev–Trinajstić information content (AvgIpc) is 3.28. The minimum Gasteiger partial charge on any atom is -0.493 e. The van der Waals surface area contributed by atoms with Gasteiger partial charge in [-0.05, 0) is 35.9 Å². The first-order valence-electron chi connectivity index (χ1n) is 10.4. The second kappa shape index (κ2) is 8.33. The van der Waals surface area contributed by atoms with Gasteiger partial charge in [0.25, 0.3) is 0 Å². The second-order valence-electron chi connectivity index (χ2n) is 7.73. The zero-order chi connectivity index (χ0) is 23.1. The fraction of sp³-hybridized carbons (Fsp3) is 0.200. The molecule has 168 valence electrons. The predicted molar refractivity (Wildman–Crippen MR) is 124 cm³/mol. The number of rotatable bonds is 5. The number of carboxylic acid groups (broad SMARTS) is 1. The molecule has 0 spiro atoms. The number of halogens is 1. The fourth-order valence-corrected chi connectivity index (χ4v) is 4.55.